The molecule has 0 aliphatic rings. The molecular formula is C17H12Cl2F2N4O2. The van der Waals surface area contributed by atoms with Crippen molar-refractivity contribution in [2.45, 2.75) is 6.54 Å². The molecule has 1 heterocycles. The summed E-state index contributed by atoms with van der Waals surface area (Å²) in [5, 5.41) is 6.76. The van der Waals surface area contributed by atoms with Gasteiger partial charge in [-0.25, -0.2) is 13.6 Å². The fourth-order valence-electron chi connectivity index (χ4n) is 2.35. The molecule has 0 atom stereocenters. The maximum absolute atomic E-state index is 13.7. The van der Waals surface area contributed by atoms with Crippen molar-refractivity contribution in [3.8, 4) is 17.1 Å². The molecule has 0 saturated carbocycles. The minimum atomic E-state index is -1.12. The first-order valence-electron chi connectivity index (χ1n) is 7.65. The molecule has 6 nitrogen and oxygen atoms in total. The maximum Gasteiger partial charge on any atom is 0.348 e. The number of benzene rings is 2. The molecule has 0 unspecified atom stereocenters. The van der Waals surface area contributed by atoms with Crippen molar-refractivity contribution in [2.24, 2.45) is 0 Å². The second-order valence-corrected chi connectivity index (χ2v) is 6.33. The quantitative estimate of drug-likeness (QED) is 0.674. The first kappa shape index (κ1) is 19.1. The predicted octanol–water partition coefficient (Wildman–Crippen LogP) is 3.26. The van der Waals surface area contributed by atoms with Gasteiger partial charge in [0.25, 0.3) is 5.91 Å². The van der Waals surface area contributed by atoms with Gasteiger partial charge in [0, 0.05) is 18.2 Å². The molecule has 3 aromatic rings. The van der Waals surface area contributed by atoms with Gasteiger partial charge in [-0.1, -0.05) is 29.3 Å². The Balaban J connectivity index is 1.96. The highest BCUT2D eigenvalue weighted by atomic mass is 35.5. The lowest BCUT2D eigenvalue weighted by molar-refractivity contribution is -0.122. The van der Waals surface area contributed by atoms with Crippen molar-refractivity contribution in [1.82, 2.24) is 20.1 Å². The Morgan fingerprint density at radius 3 is 2.63 bits per heavy atom. The van der Waals surface area contributed by atoms with Crippen LogP contribution in [0.25, 0.3) is 17.1 Å². The van der Waals surface area contributed by atoms with Crippen LogP contribution in [0.2, 0.25) is 10.0 Å². The first-order valence-corrected chi connectivity index (χ1v) is 8.41. The van der Waals surface area contributed by atoms with Crippen LogP contribution in [0.4, 0.5) is 8.78 Å². The van der Waals surface area contributed by atoms with Gasteiger partial charge >= 0.3 is 5.69 Å². The Morgan fingerprint density at radius 1 is 1.19 bits per heavy atom. The van der Waals surface area contributed by atoms with Crippen molar-refractivity contribution < 1.29 is 13.6 Å². The molecule has 0 aliphatic heterocycles. The van der Waals surface area contributed by atoms with Crippen molar-refractivity contribution in [3.63, 3.8) is 0 Å². The zero-order valence-corrected chi connectivity index (χ0v) is 15.1. The zero-order chi connectivity index (χ0) is 19.6. The van der Waals surface area contributed by atoms with Crippen LogP contribution < -0.4 is 11.0 Å². The number of carbonyl (C=O) groups excluding carboxylic acids is 1. The summed E-state index contributed by atoms with van der Waals surface area (Å²) in [5.74, 6) is -1.28. The number of hydrogen-bond acceptors (Lipinski definition) is 3. The van der Waals surface area contributed by atoms with Crippen molar-refractivity contribution in [3.05, 3.63) is 68.3 Å². The normalized spacial score (nSPS) is 10.8. The summed E-state index contributed by atoms with van der Waals surface area (Å²) >= 11 is 11.8. The number of amides is 1. The topological polar surface area (TPSA) is 79.8 Å². The summed E-state index contributed by atoms with van der Waals surface area (Å²) < 4.78 is 26.9. The summed E-state index contributed by atoms with van der Waals surface area (Å²) in [7, 11) is 0. The number of aromatic amines is 1. The van der Waals surface area contributed by atoms with E-state index in [1.807, 2.05) is 0 Å². The van der Waals surface area contributed by atoms with Crippen LogP contribution in [0.3, 0.4) is 0 Å². The van der Waals surface area contributed by atoms with E-state index in [4.69, 9.17) is 23.2 Å². The molecule has 0 bridgehead atoms. The molecule has 10 heteroatoms. The summed E-state index contributed by atoms with van der Waals surface area (Å²) in [4.78, 5) is 25.8. The summed E-state index contributed by atoms with van der Waals surface area (Å²) in [5.41, 5.74) is 0.615. The summed E-state index contributed by atoms with van der Waals surface area (Å²) in [6, 6.07) is 8.65. The van der Waals surface area contributed by atoms with Gasteiger partial charge in [-0.05, 0) is 29.8 Å². The molecular weight excluding hydrogens is 401 g/mol. The van der Waals surface area contributed by atoms with Crippen LogP contribution in [-0.2, 0) is 11.3 Å². The van der Waals surface area contributed by atoms with Gasteiger partial charge in [0.1, 0.15) is 5.82 Å². The molecule has 1 amide bonds. The lowest BCUT2D eigenvalue weighted by Crippen LogP contribution is -2.23. The molecule has 2 aromatic carbocycles. The van der Waals surface area contributed by atoms with Crippen LogP contribution in [0.15, 0.2) is 41.2 Å². The third kappa shape index (κ3) is 4.17. The smallest absolute Gasteiger partial charge is 0.348 e. The van der Waals surface area contributed by atoms with Crippen LogP contribution in [0, 0.1) is 5.82 Å². The number of rotatable bonds is 5. The molecule has 0 spiro atoms. The predicted molar refractivity (Wildman–Crippen MR) is 97.4 cm³/mol. The van der Waals surface area contributed by atoms with Gasteiger partial charge in [0.05, 0.1) is 15.7 Å². The van der Waals surface area contributed by atoms with E-state index in [0.717, 1.165) is 10.7 Å². The molecule has 3 rings (SSSR count). The van der Waals surface area contributed by atoms with Gasteiger partial charge in [0.15, 0.2) is 12.5 Å². The number of nitrogens with one attached hydrogen (secondary N) is 2. The van der Waals surface area contributed by atoms with Gasteiger partial charge in [-0.15, -0.1) is 5.10 Å². The minimum Gasteiger partial charge on any atom is -0.350 e. The largest absolute Gasteiger partial charge is 0.350 e. The van der Waals surface area contributed by atoms with E-state index < -0.39 is 24.1 Å². The Morgan fingerprint density at radius 2 is 1.93 bits per heavy atom. The molecule has 0 saturated heterocycles. The highest BCUT2D eigenvalue weighted by Crippen LogP contribution is 2.26. The fraction of sp³-hybridized carbons (Fsp3) is 0.118. The Labute approximate surface area is 161 Å². The van der Waals surface area contributed by atoms with Crippen LogP contribution in [0.1, 0.15) is 5.56 Å². The van der Waals surface area contributed by atoms with Crippen LogP contribution in [-0.4, -0.2) is 27.3 Å². The second-order valence-electron chi connectivity index (χ2n) is 5.51. The van der Waals surface area contributed by atoms with E-state index in [1.54, 1.807) is 18.2 Å². The molecule has 27 heavy (non-hydrogen) atoms. The number of hydrogen-bond donors (Lipinski definition) is 2. The van der Waals surface area contributed by atoms with Crippen LogP contribution >= 0.6 is 23.2 Å². The number of halogens is 4. The van der Waals surface area contributed by atoms with Crippen LogP contribution in [0.5, 0.6) is 0 Å². The summed E-state index contributed by atoms with van der Waals surface area (Å²) in [6.07, 6.45) is 0. The lowest BCUT2D eigenvalue weighted by atomic mass is 10.1. The highest BCUT2D eigenvalue weighted by Gasteiger charge is 2.14. The van der Waals surface area contributed by atoms with E-state index >= 15 is 0 Å². The standard InChI is InChI=1S/C17H12Cl2F2N4O2/c18-12-3-1-9(8-22-15(26)7-20)5-11(12)16-23-17(27)25(24-16)10-2-4-13(19)14(21)6-10/h1-6H,7-8H2,(H,22,26)(H,23,24,27). The van der Waals surface area contributed by atoms with E-state index in [-0.39, 0.29) is 23.1 Å². The zero-order valence-electron chi connectivity index (χ0n) is 13.6. The molecule has 140 valence electrons. The Kier molecular flexibility index (Phi) is 5.57. The number of carbonyl (C=O) groups is 1. The highest BCUT2D eigenvalue weighted by molar-refractivity contribution is 6.33. The van der Waals surface area contributed by atoms with Gasteiger partial charge in [0.2, 0.25) is 0 Å². The van der Waals surface area contributed by atoms with Gasteiger partial charge < -0.3 is 5.32 Å². The van der Waals surface area contributed by atoms with E-state index in [1.165, 1.54) is 12.1 Å². The maximum atomic E-state index is 13.7. The van der Waals surface area contributed by atoms with Crippen molar-refractivity contribution in [2.75, 3.05) is 6.67 Å². The monoisotopic (exact) mass is 412 g/mol. The minimum absolute atomic E-state index is 0.0753. The molecule has 0 fully saturated rings. The van der Waals surface area contributed by atoms with E-state index in [2.05, 4.69) is 15.4 Å². The number of alkyl halides is 1. The average Bonchev–Trinajstić information content (AvgIpc) is 3.04. The molecule has 0 aliphatic carbocycles. The second kappa shape index (κ2) is 7.89. The van der Waals surface area contributed by atoms with E-state index in [9.17, 15) is 18.4 Å². The van der Waals surface area contributed by atoms with Crippen molar-refractivity contribution >= 4 is 29.1 Å². The molecule has 1 aromatic heterocycles. The van der Waals surface area contributed by atoms with Crippen molar-refractivity contribution in [1.29, 1.82) is 0 Å². The van der Waals surface area contributed by atoms with E-state index in [0.29, 0.717) is 16.1 Å². The average molecular weight is 413 g/mol. The molecule has 0 radical (unpaired) electrons. The lowest BCUT2D eigenvalue weighted by Gasteiger charge is -2.06. The fourth-order valence-corrected chi connectivity index (χ4v) is 2.67. The Bertz CT molecular complexity index is 1070. The third-order valence-electron chi connectivity index (χ3n) is 3.66. The number of H-pyrrole nitrogens is 1. The van der Waals surface area contributed by atoms with Gasteiger partial charge in [-0.2, -0.15) is 4.68 Å². The molecule has 2 N–H and O–H groups in total. The first-order chi connectivity index (χ1) is 12.9. The van der Waals surface area contributed by atoms with Gasteiger partial charge in [-0.3, -0.25) is 9.78 Å². The number of nitrogens with zero attached hydrogens (tertiary/aromatic N) is 2. The summed E-state index contributed by atoms with van der Waals surface area (Å²) in [6.45, 7) is -1.03. The number of aromatic nitrogens is 3. The third-order valence-corrected chi connectivity index (χ3v) is 4.30. The Hall–Kier alpha value is -2.71. The SMILES string of the molecule is O=C(CF)NCc1ccc(Cl)c(-c2nn(-c3ccc(Cl)c(F)c3)c(=O)[nH]2)c1.